The lowest BCUT2D eigenvalue weighted by Gasteiger charge is -2.24. The number of ether oxygens (including phenoxy) is 1. The predicted octanol–water partition coefficient (Wildman–Crippen LogP) is 1.84. The van der Waals surface area contributed by atoms with Gasteiger partial charge in [-0.3, -0.25) is 0 Å². The number of aliphatic hydroxyl groups excluding tert-OH is 1. The molecule has 0 fully saturated rings. The van der Waals surface area contributed by atoms with Gasteiger partial charge < -0.3 is 15.6 Å². The largest absolute Gasteiger partial charge is 0.479 e. The molecule has 3 N–H and O–H groups in total. The van der Waals surface area contributed by atoms with Gasteiger partial charge in [-0.05, 0) is 24.6 Å². The summed E-state index contributed by atoms with van der Waals surface area (Å²) >= 11 is 0. The molecule has 0 aliphatic carbocycles. The smallest absolute Gasteiger partial charge is 0.426 e. The molecule has 2 unspecified atom stereocenters. The summed E-state index contributed by atoms with van der Waals surface area (Å²) in [5, 5.41) is 8.79. The molecule has 1 rings (SSSR count). The van der Waals surface area contributed by atoms with Crippen LogP contribution in [0.4, 0.5) is 13.2 Å². The van der Waals surface area contributed by atoms with Crippen molar-refractivity contribution in [3.05, 3.63) is 29.8 Å². The highest BCUT2D eigenvalue weighted by molar-refractivity contribution is 5.27. The first-order valence-electron chi connectivity index (χ1n) is 5.03. The van der Waals surface area contributed by atoms with Crippen LogP contribution >= 0.6 is 0 Å². The number of rotatable bonds is 4. The van der Waals surface area contributed by atoms with E-state index in [9.17, 15) is 13.2 Å². The molecule has 17 heavy (non-hydrogen) atoms. The summed E-state index contributed by atoms with van der Waals surface area (Å²) in [6.45, 7) is 1.07. The Balaban J connectivity index is 2.79. The van der Waals surface area contributed by atoms with Crippen LogP contribution in [0.15, 0.2) is 24.3 Å². The van der Waals surface area contributed by atoms with Gasteiger partial charge >= 0.3 is 6.18 Å². The van der Waals surface area contributed by atoms with E-state index in [0.717, 1.165) is 0 Å². The minimum Gasteiger partial charge on any atom is -0.479 e. The number of alkyl halides is 3. The highest BCUT2D eigenvalue weighted by Crippen LogP contribution is 2.27. The summed E-state index contributed by atoms with van der Waals surface area (Å²) < 4.78 is 42.5. The maximum Gasteiger partial charge on any atom is 0.426 e. The first-order valence-corrected chi connectivity index (χ1v) is 5.03. The van der Waals surface area contributed by atoms with Crippen LogP contribution in [0.3, 0.4) is 0 Å². The van der Waals surface area contributed by atoms with Crippen LogP contribution in [0.1, 0.15) is 12.5 Å². The van der Waals surface area contributed by atoms with E-state index in [1.54, 1.807) is 0 Å². The molecule has 1 aromatic rings. The highest BCUT2D eigenvalue weighted by atomic mass is 19.4. The molecule has 0 saturated heterocycles. The van der Waals surface area contributed by atoms with Crippen LogP contribution < -0.4 is 10.5 Å². The molecule has 2 atom stereocenters. The summed E-state index contributed by atoms with van der Waals surface area (Å²) in [5.74, 6) is 0.0711. The fourth-order valence-corrected chi connectivity index (χ4v) is 1.29. The van der Waals surface area contributed by atoms with Crippen molar-refractivity contribution in [2.24, 2.45) is 5.73 Å². The zero-order valence-electron chi connectivity index (χ0n) is 9.24. The van der Waals surface area contributed by atoms with Crippen molar-refractivity contribution in [3.8, 4) is 5.75 Å². The third-order valence-electron chi connectivity index (χ3n) is 2.17. The van der Waals surface area contributed by atoms with Crippen molar-refractivity contribution in [2.75, 3.05) is 0 Å². The molecule has 6 heteroatoms. The van der Waals surface area contributed by atoms with Crippen molar-refractivity contribution >= 4 is 0 Å². The second kappa shape index (κ2) is 5.37. The molecule has 0 spiro atoms. The Hall–Kier alpha value is -1.27. The number of hydrogen-bond donors (Lipinski definition) is 2. The molecule has 3 nitrogen and oxygen atoms in total. The van der Waals surface area contributed by atoms with Crippen LogP contribution in [-0.4, -0.2) is 23.4 Å². The van der Waals surface area contributed by atoms with Gasteiger partial charge in [0.05, 0.1) is 6.61 Å². The maximum atomic E-state index is 12.6. The average molecular weight is 249 g/mol. The second-order valence-corrected chi connectivity index (χ2v) is 3.74. The highest BCUT2D eigenvalue weighted by Gasteiger charge is 2.44. The number of benzene rings is 1. The SMILES string of the molecule is CC(N)C(Oc1ccc(CO)cc1)C(F)(F)F. The minimum atomic E-state index is -4.51. The molecule has 1 aromatic carbocycles. The zero-order valence-corrected chi connectivity index (χ0v) is 9.24. The average Bonchev–Trinajstić information content (AvgIpc) is 2.24. The predicted molar refractivity (Wildman–Crippen MR) is 56.5 cm³/mol. The maximum absolute atomic E-state index is 12.6. The van der Waals surface area contributed by atoms with Crippen molar-refractivity contribution in [1.82, 2.24) is 0 Å². The monoisotopic (exact) mass is 249 g/mol. The summed E-state index contributed by atoms with van der Waals surface area (Å²) in [4.78, 5) is 0. The van der Waals surface area contributed by atoms with Gasteiger partial charge in [0, 0.05) is 6.04 Å². The molecule has 0 saturated carbocycles. The van der Waals surface area contributed by atoms with E-state index in [1.807, 2.05) is 0 Å². The molecule has 0 radical (unpaired) electrons. The van der Waals surface area contributed by atoms with Gasteiger partial charge in [-0.15, -0.1) is 0 Å². The molecular formula is C11H14F3NO2. The van der Waals surface area contributed by atoms with Gasteiger partial charge in [0.15, 0.2) is 0 Å². The summed E-state index contributed by atoms with van der Waals surface area (Å²) in [5.41, 5.74) is 5.84. The Bertz CT molecular complexity index is 349. The minimum absolute atomic E-state index is 0.0711. The molecule has 0 aromatic heterocycles. The van der Waals surface area contributed by atoms with Crippen molar-refractivity contribution < 1.29 is 23.0 Å². The number of nitrogens with two attached hydrogens (primary N) is 1. The fourth-order valence-electron chi connectivity index (χ4n) is 1.29. The number of aliphatic hydroxyl groups is 1. The number of halogens is 3. The lowest BCUT2D eigenvalue weighted by atomic mass is 10.2. The van der Waals surface area contributed by atoms with E-state index in [4.69, 9.17) is 15.6 Å². The van der Waals surface area contributed by atoms with E-state index < -0.39 is 18.3 Å². The lowest BCUT2D eigenvalue weighted by Crippen LogP contribution is -2.47. The molecule has 96 valence electrons. The third kappa shape index (κ3) is 3.90. The summed E-state index contributed by atoms with van der Waals surface area (Å²) in [6.07, 6.45) is -6.55. The fraction of sp³-hybridized carbons (Fsp3) is 0.455. The summed E-state index contributed by atoms with van der Waals surface area (Å²) in [7, 11) is 0. The van der Waals surface area contributed by atoms with Crippen LogP contribution in [0.5, 0.6) is 5.75 Å². The Kier molecular flexibility index (Phi) is 4.36. The normalized spacial score (nSPS) is 15.4. The van der Waals surface area contributed by atoms with Gasteiger partial charge in [-0.25, -0.2) is 0 Å². The first-order chi connectivity index (χ1) is 7.84. The van der Waals surface area contributed by atoms with Gasteiger partial charge in [0.1, 0.15) is 5.75 Å². The second-order valence-electron chi connectivity index (χ2n) is 3.74. The Labute approximate surface area is 97.0 Å². The summed E-state index contributed by atoms with van der Waals surface area (Å²) in [6, 6.07) is 4.56. The van der Waals surface area contributed by atoms with E-state index in [1.165, 1.54) is 31.2 Å². The molecule has 0 aliphatic rings. The van der Waals surface area contributed by atoms with Crippen LogP contribution in [0.25, 0.3) is 0 Å². The zero-order chi connectivity index (χ0) is 13.1. The standard InChI is InChI=1S/C11H14F3NO2/c1-7(15)10(11(12,13)14)17-9-4-2-8(6-16)3-5-9/h2-5,7,10,16H,6,15H2,1H3. The molecule has 0 amide bonds. The lowest BCUT2D eigenvalue weighted by molar-refractivity contribution is -0.199. The molecular weight excluding hydrogens is 235 g/mol. The van der Waals surface area contributed by atoms with Crippen LogP contribution in [0.2, 0.25) is 0 Å². The van der Waals surface area contributed by atoms with E-state index in [0.29, 0.717) is 5.56 Å². The van der Waals surface area contributed by atoms with E-state index in [2.05, 4.69) is 0 Å². The van der Waals surface area contributed by atoms with Crippen LogP contribution in [-0.2, 0) is 6.61 Å². The van der Waals surface area contributed by atoms with Gasteiger partial charge in [-0.1, -0.05) is 12.1 Å². The quantitative estimate of drug-likeness (QED) is 0.856. The van der Waals surface area contributed by atoms with Gasteiger partial charge in [0.2, 0.25) is 6.10 Å². The third-order valence-corrected chi connectivity index (χ3v) is 2.17. The molecule has 0 heterocycles. The molecule has 0 bridgehead atoms. The number of hydrogen-bond acceptors (Lipinski definition) is 3. The van der Waals surface area contributed by atoms with Crippen molar-refractivity contribution in [3.63, 3.8) is 0 Å². The van der Waals surface area contributed by atoms with Gasteiger partial charge in [0.25, 0.3) is 0 Å². The Morgan fingerprint density at radius 3 is 2.18 bits per heavy atom. The van der Waals surface area contributed by atoms with Gasteiger partial charge in [-0.2, -0.15) is 13.2 Å². The first kappa shape index (κ1) is 13.8. The van der Waals surface area contributed by atoms with Crippen LogP contribution in [0, 0.1) is 0 Å². The Morgan fingerprint density at radius 2 is 1.82 bits per heavy atom. The van der Waals surface area contributed by atoms with E-state index >= 15 is 0 Å². The van der Waals surface area contributed by atoms with E-state index in [-0.39, 0.29) is 12.4 Å². The van der Waals surface area contributed by atoms with Crippen molar-refractivity contribution in [2.45, 2.75) is 31.9 Å². The Morgan fingerprint density at radius 1 is 1.29 bits per heavy atom. The topological polar surface area (TPSA) is 55.5 Å². The van der Waals surface area contributed by atoms with Crippen molar-refractivity contribution in [1.29, 1.82) is 0 Å². The molecule has 0 aliphatic heterocycles.